The van der Waals surface area contributed by atoms with Gasteiger partial charge in [-0.3, -0.25) is 4.55 Å². The summed E-state index contributed by atoms with van der Waals surface area (Å²) in [7, 11) is -4.28. The van der Waals surface area contributed by atoms with Crippen LogP contribution in [0.1, 0.15) is 38.2 Å². The van der Waals surface area contributed by atoms with Gasteiger partial charge < -0.3 is 9.84 Å². The molecular formula is C18H21NaO5S. The molecule has 0 fully saturated rings. The van der Waals surface area contributed by atoms with Crippen LogP contribution < -0.4 is 39.4 Å². The molecule has 0 aromatic heterocycles. The first-order valence-electron chi connectivity index (χ1n) is 7.96. The number of aryl methyl sites for hydroxylation is 1. The minimum Gasteiger partial charge on any atom is -0.870 e. The average molecular weight is 372 g/mol. The number of ether oxygens (including phenoxy) is 1. The number of benzene rings is 2. The van der Waals surface area contributed by atoms with Crippen LogP contribution in [0.25, 0.3) is 0 Å². The van der Waals surface area contributed by atoms with Crippen LogP contribution in [0.4, 0.5) is 0 Å². The minimum atomic E-state index is -4.28. The van der Waals surface area contributed by atoms with Crippen LogP contribution in [0, 0.1) is 0 Å². The number of rotatable bonds is 8. The van der Waals surface area contributed by atoms with Crippen molar-refractivity contribution < 1.29 is 52.4 Å². The summed E-state index contributed by atoms with van der Waals surface area (Å²) in [5, 5.41) is 11.8. The molecule has 5 nitrogen and oxygen atoms in total. The van der Waals surface area contributed by atoms with Crippen LogP contribution in [0.3, 0.4) is 0 Å². The third-order valence-electron chi connectivity index (χ3n) is 3.70. The number of para-hydroxylation sites is 2. The minimum absolute atomic E-state index is 0. The zero-order valence-electron chi connectivity index (χ0n) is 14.6. The standard InChI is InChI=1S/C18H22O5S.Na/c1-2-3-4-5-8-14-13-15(24(20,21)22)11-12-17(14)23-18-10-7-6-9-16(18)19;/h6-7,9-13,19H,2-5,8H2,1H3,(H,20,21,22);/q;+1/p-1. The molecule has 0 radical (unpaired) electrons. The molecule has 1 N–H and O–H groups in total. The van der Waals surface area contributed by atoms with Crippen LogP contribution in [0.5, 0.6) is 17.2 Å². The van der Waals surface area contributed by atoms with Gasteiger partial charge in [-0.15, -0.1) is 0 Å². The van der Waals surface area contributed by atoms with Crippen LogP contribution in [0.15, 0.2) is 47.4 Å². The summed E-state index contributed by atoms with van der Waals surface area (Å²) in [4.78, 5) is -0.171. The molecule has 0 unspecified atom stereocenters. The van der Waals surface area contributed by atoms with E-state index in [1.54, 1.807) is 18.2 Å². The summed E-state index contributed by atoms with van der Waals surface area (Å²) in [5.74, 6) is 0.377. The van der Waals surface area contributed by atoms with Crippen molar-refractivity contribution in [1.29, 1.82) is 0 Å². The van der Waals surface area contributed by atoms with E-state index in [1.165, 1.54) is 24.3 Å². The number of hydrogen-bond donors (Lipinski definition) is 1. The number of hydrogen-bond acceptors (Lipinski definition) is 4. The summed E-state index contributed by atoms with van der Waals surface area (Å²) in [5.41, 5.74) is 0.657. The van der Waals surface area contributed by atoms with Crippen LogP contribution >= 0.6 is 0 Å². The van der Waals surface area contributed by atoms with Gasteiger partial charge in [-0.05, 0) is 42.7 Å². The molecule has 0 saturated carbocycles. The molecule has 130 valence electrons. The van der Waals surface area contributed by atoms with Crippen LogP contribution in [-0.4, -0.2) is 13.0 Å². The quantitative estimate of drug-likeness (QED) is 0.423. The molecule has 0 bridgehead atoms. The number of unbranched alkanes of at least 4 members (excludes halogenated alkanes) is 3. The maximum atomic E-state index is 11.8. The summed E-state index contributed by atoms with van der Waals surface area (Å²) in [6, 6.07) is 10.5. The molecule has 0 aliphatic rings. The Kier molecular flexibility index (Phi) is 8.96. The van der Waals surface area contributed by atoms with Crippen molar-refractivity contribution in [2.75, 3.05) is 0 Å². The van der Waals surface area contributed by atoms with Gasteiger partial charge in [-0.25, -0.2) is 0 Å². The van der Waals surface area contributed by atoms with Gasteiger partial charge in [0.05, 0.1) is 4.90 Å². The Morgan fingerprint density at radius 2 is 1.76 bits per heavy atom. The monoisotopic (exact) mass is 372 g/mol. The van der Waals surface area contributed by atoms with Crippen molar-refractivity contribution in [2.24, 2.45) is 0 Å². The SMILES string of the molecule is CCCCCCc1cc(S(=O)(=O)O)ccc1Oc1ccccc1[O-].[Na+]. The Balaban J connectivity index is 0.00000312. The normalized spacial score (nSPS) is 11.0. The fraction of sp³-hybridized carbons (Fsp3) is 0.333. The fourth-order valence-corrected chi connectivity index (χ4v) is 2.94. The maximum Gasteiger partial charge on any atom is 1.00 e. The van der Waals surface area contributed by atoms with E-state index in [2.05, 4.69) is 6.92 Å². The van der Waals surface area contributed by atoms with Crippen molar-refractivity contribution in [3.63, 3.8) is 0 Å². The third-order valence-corrected chi connectivity index (χ3v) is 4.55. The summed E-state index contributed by atoms with van der Waals surface area (Å²) in [6.07, 6.45) is 4.69. The van der Waals surface area contributed by atoms with E-state index >= 15 is 0 Å². The predicted octanol–water partition coefficient (Wildman–Crippen LogP) is 0.926. The van der Waals surface area contributed by atoms with Gasteiger partial charge in [0, 0.05) is 0 Å². The maximum absolute atomic E-state index is 11.8. The van der Waals surface area contributed by atoms with Gasteiger partial charge in [0.25, 0.3) is 10.1 Å². The van der Waals surface area contributed by atoms with Crippen molar-refractivity contribution in [2.45, 2.75) is 43.9 Å². The first-order valence-corrected chi connectivity index (χ1v) is 9.40. The summed E-state index contributed by atoms with van der Waals surface area (Å²) >= 11 is 0. The molecular weight excluding hydrogens is 351 g/mol. The molecule has 0 aliphatic carbocycles. The Morgan fingerprint density at radius 1 is 1.04 bits per heavy atom. The van der Waals surface area contributed by atoms with Gasteiger partial charge in [0.2, 0.25) is 0 Å². The Morgan fingerprint density at radius 3 is 2.40 bits per heavy atom. The van der Waals surface area contributed by atoms with Gasteiger partial charge in [0.1, 0.15) is 11.5 Å². The molecule has 0 saturated heterocycles. The Bertz CT molecular complexity index is 790. The van der Waals surface area contributed by atoms with E-state index in [1.807, 2.05) is 0 Å². The molecule has 0 amide bonds. The first kappa shape index (κ1) is 22.0. The van der Waals surface area contributed by atoms with Crippen molar-refractivity contribution >= 4 is 10.1 Å². The molecule has 0 heterocycles. The predicted molar refractivity (Wildman–Crippen MR) is 90.1 cm³/mol. The smallest absolute Gasteiger partial charge is 0.870 e. The molecule has 0 atom stereocenters. The topological polar surface area (TPSA) is 86.7 Å². The van der Waals surface area contributed by atoms with E-state index in [0.29, 0.717) is 17.7 Å². The Hall–Kier alpha value is -1.05. The molecule has 0 aliphatic heterocycles. The van der Waals surface area contributed by atoms with E-state index in [-0.39, 0.29) is 46.0 Å². The summed E-state index contributed by atoms with van der Waals surface area (Å²) < 4.78 is 37.6. The molecule has 0 spiro atoms. The van der Waals surface area contributed by atoms with E-state index in [0.717, 1.165) is 25.7 Å². The van der Waals surface area contributed by atoms with E-state index in [4.69, 9.17) is 4.74 Å². The Labute approximate surface area is 171 Å². The van der Waals surface area contributed by atoms with Gasteiger partial charge >= 0.3 is 29.6 Å². The molecule has 7 heteroatoms. The van der Waals surface area contributed by atoms with Gasteiger partial charge in [-0.1, -0.05) is 50.1 Å². The molecule has 2 aromatic rings. The average Bonchev–Trinajstić information content (AvgIpc) is 2.54. The first-order chi connectivity index (χ1) is 11.4. The van der Waals surface area contributed by atoms with Crippen LogP contribution in [0.2, 0.25) is 0 Å². The summed E-state index contributed by atoms with van der Waals surface area (Å²) in [6.45, 7) is 2.11. The van der Waals surface area contributed by atoms with Crippen molar-refractivity contribution in [3.8, 4) is 17.2 Å². The van der Waals surface area contributed by atoms with Crippen LogP contribution in [-0.2, 0) is 16.5 Å². The molecule has 2 aromatic carbocycles. The second-order valence-electron chi connectivity index (χ2n) is 5.60. The van der Waals surface area contributed by atoms with Crippen molar-refractivity contribution in [1.82, 2.24) is 0 Å². The van der Waals surface area contributed by atoms with E-state index < -0.39 is 10.1 Å². The second kappa shape index (κ2) is 10.2. The van der Waals surface area contributed by atoms with Crippen molar-refractivity contribution in [3.05, 3.63) is 48.0 Å². The zero-order chi connectivity index (χ0) is 17.6. The molecule has 25 heavy (non-hydrogen) atoms. The van der Waals surface area contributed by atoms with Gasteiger partial charge in [-0.2, -0.15) is 8.42 Å². The largest absolute Gasteiger partial charge is 1.00 e. The zero-order valence-corrected chi connectivity index (χ0v) is 17.4. The fourth-order valence-electron chi connectivity index (χ4n) is 2.41. The third kappa shape index (κ3) is 6.64. The van der Waals surface area contributed by atoms with Gasteiger partial charge in [0.15, 0.2) is 0 Å². The molecule has 2 rings (SSSR count). The van der Waals surface area contributed by atoms with E-state index in [9.17, 15) is 18.1 Å². The second-order valence-corrected chi connectivity index (χ2v) is 7.03.